The van der Waals surface area contributed by atoms with E-state index in [0.29, 0.717) is 25.6 Å². The van der Waals surface area contributed by atoms with Gasteiger partial charge in [-0.25, -0.2) is 9.59 Å². The fraction of sp³-hybridized carbons (Fsp3) is 0.833. The summed E-state index contributed by atoms with van der Waals surface area (Å²) in [6, 6.07) is -0.494. The van der Waals surface area contributed by atoms with Gasteiger partial charge >= 0.3 is 12.0 Å². The third-order valence-electron chi connectivity index (χ3n) is 3.96. The van der Waals surface area contributed by atoms with E-state index in [1.54, 1.807) is 0 Å². The Bertz CT molecular complexity index is 335. The van der Waals surface area contributed by atoms with E-state index >= 15 is 0 Å². The van der Waals surface area contributed by atoms with E-state index in [1.165, 1.54) is 11.3 Å². The second-order valence-electron chi connectivity index (χ2n) is 5.15. The summed E-state index contributed by atoms with van der Waals surface area (Å²) in [6.07, 6.45) is 3.59. The summed E-state index contributed by atoms with van der Waals surface area (Å²) in [7, 11) is 2.06. The molecule has 102 valence electrons. The van der Waals surface area contributed by atoms with Gasteiger partial charge in [-0.2, -0.15) is 0 Å². The molecule has 2 N–H and O–H groups in total. The van der Waals surface area contributed by atoms with Crippen LogP contribution in [0.2, 0.25) is 0 Å². The van der Waals surface area contributed by atoms with Crippen LogP contribution in [0.1, 0.15) is 25.7 Å². The quantitative estimate of drug-likeness (QED) is 0.762. The summed E-state index contributed by atoms with van der Waals surface area (Å²) >= 11 is 0. The Morgan fingerprint density at radius 1 is 1.28 bits per heavy atom. The number of carbonyl (C=O) groups is 2. The van der Waals surface area contributed by atoms with Crippen molar-refractivity contribution in [1.82, 2.24) is 15.1 Å². The second-order valence-corrected chi connectivity index (χ2v) is 5.15. The first-order valence-electron chi connectivity index (χ1n) is 6.57. The lowest BCUT2D eigenvalue weighted by molar-refractivity contribution is -0.141. The zero-order chi connectivity index (χ0) is 13.1. The van der Waals surface area contributed by atoms with Crippen molar-refractivity contribution in [1.29, 1.82) is 0 Å². The Morgan fingerprint density at radius 3 is 2.61 bits per heavy atom. The number of carbonyl (C=O) groups excluding carboxylic acids is 1. The third kappa shape index (κ3) is 2.75. The van der Waals surface area contributed by atoms with Gasteiger partial charge in [0.2, 0.25) is 0 Å². The lowest BCUT2D eigenvalue weighted by Crippen LogP contribution is -2.48. The minimum absolute atomic E-state index is 0.236. The van der Waals surface area contributed by atoms with Crippen LogP contribution in [-0.2, 0) is 4.79 Å². The molecule has 1 unspecified atom stereocenters. The van der Waals surface area contributed by atoms with E-state index in [0.717, 1.165) is 19.4 Å². The number of likely N-dealkylation sites (tertiary alicyclic amines) is 2. The minimum atomic E-state index is -0.902. The first-order chi connectivity index (χ1) is 8.59. The lowest BCUT2D eigenvalue weighted by Gasteiger charge is -2.24. The minimum Gasteiger partial charge on any atom is -0.480 e. The molecule has 2 rings (SSSR count). The smallest absolute Gasteiger partial charge is 0.326 e. The number of likely N-dealkylation sites (N-methyl/N-ethyl adjacent to an activating group) is 1. The van der Waals surface area contributed by atoms with Crippen molar-refractivity contribution in [3.63, 3.8) is 0 Å². The van der Waals surface area contributed by atoms with Gasteiger partial charge < -0.3 is 20.2 Å². The molecule has 0 aromatic carbocycles. The Hall–Kier alpha value is -1.30. The van der Waals surface area contributed by atoms with Gasteiger partial charge in [0.15, 0.2) is 0 Å². The zero-order valence-corrected chi connectivity index (χ0v) is 10.8. The van der Waals surface area contributed by atoms with Gasteiger partial charge in [-0.1, -0.05) is 0 Å². The Labute approximate surface area is 107 Å². The van der Waals surface area contributed by atoms with E-state index in [9.17, 15) is 9.59 Å². The summed E-state index contributed by atoms with van der Waals surface area (Å²) in [6.45, 7) is 2.23. The molecule has 0 spiro atoms. The highest BCUT2D eigenvalue weighted by Gasteiger charge is 2.34. The molecular weight excluding hydrogens is 234 g/mol. The van der Waals surface area contributed by atoms with E-state index in [4.69, 9.17) is 5.11 Å². The van der Waals surface area contributed by atoms with Crippen LogP contribution in [-0.4, -0.2) is 65.7 Å². The maximum Gasteiger partial charge on any atom is 0.326 e. The Kier molecular flexibility index (Phi) is 4.06. The number of nitrogens with zero attached hydrogens (tertiary/aromatic N) is 2. The van der Waals surface area contributed by atoms with Crippen molar-refractivity contribution in [3.8, 4) is 0 Å². The summed E-state index contributed by atoms with van der Waals surface area (Å²) in [5.41, 5.74) is 0. The predicted molar refractivity (Wildman–Crippen MR) is 66.4 cm³/mol. The molecule has 6 nitrogen and oxygen atoms in total. The van der Waals surface area contributed by atoms with Crippen LogP contribution in [0.5, 0.6) is 0 Å². The van der Waals surface area contributed by atoms with Crippen LogP contribution < -0.4 is 5.32 Å². The second kappa shape index (κ2) is 5.56. The maximum absolute atomic E-state index is 12.0. The van der Waals surface area contributed by atoms with Gasteiger partial charge in [0.1, 0.15) is 6.04 Å². The Balaban J connectivity index is 1.82. The number of urea groups is 1. The molecule has 0 saturated carbocycles. The van der Waals surface area contributed by atoms with Crippen molar-refractivity contribution in [3.05, 3.63) is 0 Å². The molecular formula is C12H21N3O3. The van der Waals surface area contributed by atoms with Gasteiger partial charge in [0, 0.05) is 19.1 Å². The Morgan fingerprint density at radius 2 is 2.00 bits per heavy atom. The fourth-order valence-electron chi connectivity index (χ4n) is 2.81. The van der Waals surface area contributed by atoms with Gasteiger partial charge in [0.25, 0.3) is 0 Å². The highest BCUT2D eigenvalue weighted by molar-refractivity contribution is 5.83. The van der Waals surface area contributed by atoms with Gasteiger partial charge in [-0.15, -0.1) is 0 Å². The monoisotopic (exact) mass is 255 g/mol. The highest BCUT2D eigenvalue weighted by atomic mass is 16.4. The molecule has 0 aromatic rings. The molecule has 0 radical (unpaired) electrons. The molecule has 2 heterocycles. The van der Waals surface area contributed by atoms with E-state index in [-0.39, 0.29) is 6.03 Å². The molecule has 2 amide bonds. The first kappa shape index (κ1) is 13.1. The van der Waals surface area contributed by atoms with E-state index in [2.05, 4.69) is 17.3 Å². The van der Waals surface area contributed by atoms with Crippen molar-refractivity contribution in [2.24, 2.45) is 0 Å². The molecule has 2 saturated heterocycles. The first-order valence-corrected chi connectivity index (χ1v) is 6.57. The molecule has 0 aromatic heterocycles. The number of carboxylic acids is 1. The van der Waals surface area contributed by atoms with Gasteiger partial charge in [-0.3, -0.25) is 0 Å². The summed E-state index contributed by atoms with van der Waals surface area (Å²) in [5.74, 6) is -0.902. The van der Waals surface area contributed by atoms with Crippen LogP contribution >= 0.6 is 0 Å². The number of carboxylic acid groups (broad SMARTS) is 1. The third-order valence-corrected chi connectivity index (χ3v) is 3.96. The normalized spacial score (nSPS) is 28.6. The number of amides is 2. The standard InChI is InChI=1S/C12H21N3O3/c1-14-6-2-4-9(14)8-13-12(18)15-7-3-5-10(15)11(16)17/h9-10H,2-8H2,1H3,(H,13,18)(H,16,17)/t9?,10-/m0/s1. The molecule has 6 heteroatoms. The van der Waals surface area contributed by atoms with Crippen molar-refractivity contribution in [2.75, 3.05) is 26.7 Å². The molecule has 0 bridgehead atoms. The maximum atomic E-state index is 12.0. The molecule has 18 heavy (non-hydrogen) atoms. The van der Waals surface area contributed by atoms with Crippen molar-refractivity contribution < 1.29 is 14.7 Å². The average molecular weight is 255 g/mol. The van der Waals surface area contributed by atoms with Crippen molar-refractivity contribution >= 4 is 12.0 Å². The van der Waals surface area contributed by atoms with Gasteiger partial charge in [-0.05, 0) is 39.3 Å². The number of hydrogen-bond acceptors (Lipinski definition) is 3. The number of nitrogens with one attached hydrogen (secondary N) is 1. The highest BCUT2D eigenvalue weighted by Crippen LogP contribution is 2.18. The largest absolute Gasteiger partial charge is 0.480 e. The predicted octanol–water partition coefficient (Wildman–Crippen LogP) is 0.339. The molecule has 2 aliphatic rings. The summed E-state index contributed by atoms with van der Waals surface area (Å²) < 4.78 is 0. The number of rotatable bonds is 3. The van der Waals surface area contributed by atoms with Crippen LogP contribution in [0.3, 0.4) is 0 Å². The summed E-state index contributed by atoms with van der Waals surface area (Å²) in [5, 5.41) is 11.9. The average Bonchev–Trinajstić information content (AvgIpc) is 2.94. The fourth-order valence-corrected chi connectivity index (χ4v) is 2.81. The van der Waals surface area contributed by atoms with E-state index < -0.39 is 12.0 Å². The topological polar surface area (TPSA) is 72.9 Å². The van der Waals surface area contributed by atoms with Crippen LogP contribution in [0.4, 0.5) is 4.79 Å². The molecule has 0 aliphatic carbocycles. The SMILES string of the molecule is CN1CCCC1CNC(=O)N1CCC[C@H]1C(=O)O. The van der Waals surface area contributed by atoms with Crippen LogP contribution in [0.15, 0.2) is 0 Å². The molecule has 2 fully saturated rings. The van der Waals surface area contributed by atoms with Crippen molar-refractivity contribution in [2.45, 2.75) is 37.8 Å². The van der Waals surface area contributed by atoms with Gasteiger partial charge in [0.05, 0.1) is 0 Å². The number of hydrogen-bond donors (Lipinski definition) is 2. The molecule has 2 aliphatic heterocycles. The van der Waals surface area contributed by atoms with E-state index in [1.807, 2.05) is 0 Å². The molecule has 2 atom stereocenters. The summed E-state index contributed by atoms with van der Waals surface area (Å²) in [4.78, 5) is 26.6. The van der Waals surface area contributed by atoms with Crippen LogP contribution in [0, 0.1) is 0 Å². The zero-order valence-electron chi connectivity index (χ0n) is 10.8. The van der Waals surface area contributed by atoms with Crippen LogP contribution in [0.25, 0.3) is 0 Å². The lowest BCUT2D eigenvalue weighted by atomic mass is 10.2. The number of aliphatic carboxylic acids is 1.